The number of carbonyl (C=O) groups is 3. The Kier molecular flexibility index (Phi) is 5.78. The molecule has 1 N–H and O–H groups in total. The zero-order chi connectivity index (χ0) is 21.7. The van der Waals surface area contributed by atoms with Gasteiger partial charge in [-0.3, -0.25) is 14.4 Å². The van der Waals surface area contributed by atoms with E-state index in [9.17, 15) is 14.4 Å². The number of rotatable bonds is 5. The van der Waals surface area contributed by atoms with Gasteiger partial charge in [-0.05, 0) is 99.2 Å². The molecule has 0 radical (unpaired) electrons. The Hall–Kier alpha value is -1.39. The zero-order valence-electron chi connectivity index (χ0n) is 18.8. The molecule has 5 heteroatoms. The molecule has 0 saturated heterocycles. The number of aliphatic carboxylic acids is 1. The van der Waals surface area contributed by atoms with Crippen LogP contribution in [0, 0.1) is 40.4 Å². The van der Waals surface area contributed by atoms with Gasteiger partial charge in [0.2, 0.25) is 0 Å². The average molecular weight is 419 g/mol. The lowest BCUT2D eigenvalue weighted by atomic mass is 9.44. The quantitative estimate of drug-likeness (QED) is 0.635. The van der Waals surface area contributed by atoms with Crippen LogP contribution in [0.25, 0.3) is 0 Å². The van der Waals surface area contributed by atoms with Crippen LogP contribution in [0.1, 0.15) is 91.4 Å². The number of carboxylic acids is 1. The summed E-state index contributed by atoms with van der Waals surface area (Å²) in [6, 6.07) is 0. The molecule has 0 aromatic carbocycles. The van der Waals surface area contributed by atoms with Gasteiger partial charge in [-0.2, -0.15) is 0 Å². The maximum Gasteiger partial charge on any atom is 0.306 e. The molecule has 4 fully saturated rings. The van der Waals surface area contributed by atoms with E-state index in [1.807, 2.05) is 0 Å². The molecule has 0 spiro atoms. The molecule has 0 bridgehead atoms. The van der Waals surface area contributed by atoms with E-state index in [0.29, 0.717) is 23.0 Å². The first-order chi connectivity index (χ1) is 14.1. The first-order valence-electron chi connectivity index (χ1n) is 12.1. The van der Waals surface area contributed by atoms with Crippen molar-refractivity contribution in [2.24, 2.45) is 40.4 Å². The van der Waals surface area contributed by atoms with Crippen LogP contribution in [0.4, 0.5) is 0 Å². The van der Waals surface area contributed by atoms with Gasteiger partial charge in [-0.15, -0.1) is 0 Å². The Labute approximate surface area is 180 Å². The highest BCUT2D eigenvalue weighted by Crippen LogP contribution is 2.67. The minimum absolute atomic E-state index is 0.0317. The third kappa shape index (κ3) is 3.60. The summed E-state index contributed by atoms with van der Waals surface area (Å²) in [7, 11) is 0. The summed E-state index contributed by atoms with van der Waals surface area (Å²) in [5.74, 6) is 2.07. The van der Waals surface area contributed by atoms with Crippen molar-refractivity contribution in [2.45, 2.75) is 97.5 Å². The minimum atomic E-state index is -0.954. The van der Waals surface area contributed by atoms with Gasteiger partial charge in [0.15, 0.2) is 0 Å². The maximum absolute atomic E-state index is 12.3. The van der Waals surface area contributed by atoms with E-state index in [2.05, 4.69) is 13.8 Å². The summed E-state index contributed by atoms with van der Waals surface area (Å²) in [6.45, 7) is 6.67. The second-order valence-corrected chi connectivity index (χ2v) is 11.2. The van der Waals surface area contributed by atoms with Crippen LogP contribution >= 0.6 is 0 Å². The minimum Gasteiger partial charge on any atom is -0.481 e. The van der Waals surface area contributed by atoms with E-state index in [1.165, 1.54) is 32.1 Å². The Morgan fingerprint density at radius 1 is 0.900 bits per heavy atom. The number of carbonyl (C=O) groups excluding carboxylic acids is 2. The van der Waals surface area contributed by atoms with Crippen molar-refractivity contribution in [2.75, 3.05) is 0 Å². The van der Waals surface area contributed by atoms with Crippen LogP contribution in [0.3, 0.4) is 0 Å². The summed E-state index contributed by atoms with van der Waals surface area (Å²) in [5.41, 5.74) is 0.510. The van der Waals surface area contributed by atoms with Crippen LogP contribution in [0.15, 0.2) is 0 Å². The molecule has 0 amide bonds. The number of ether oxygens (including phenoxy) is 1. The fourth-order valence-electron chi connectivity index (χ4n) is 8.45. The molecular formula is C25H38O5. The predicted molar refractivity (Wildman–Crippen MR) is 113 cm³/mol. The van der Waals surface area contributed by atoms with Crippen LogP contribution in [-0.2, 0) is 19.1 Å². The van der Waals surface area contributed by atoms with E-state index in [4.69, 9.17) is 9.84 Å². The molecule has 0 aliphatic heterocycles. The summed E-state index contributed by atoms with van der Waals surface area (Å²) in [5, 5.41) is 8.77. The van der Waals surface area contributed by atoms with Crippen molar-refractivity contribution in [1.82, 2.24) is 0 Å². The van der Waals surface area contributed by atoms with Gasteiger partial charge in [-0.25, -0.2) is 0 Å². The predicted octanol–water partition coefficient (Wildman–Crippen LogP) is 5.01. The Morgan fingerprint density at radius 2 is 1.60 bits per heavy atom. The second kappa shape index (κ2) is 7.94. The number of hydrogen-bond donors (Lipinski definition) is 1. The average Bonchev–Trinajstić information content (AvgIpc) is 3.04. The number of fused-ring (bicyclic) bond motifs is 5. The maximum atomic E-state index is 12.3. The number of ketones is 1. The SMILES string of the molecule is CC(=O)[C@H]1CC[C@H]2[C@@H]3CC[C@@H]4C[C@H](OC(=O)CCC(=O)O)CC[C@]4(C)[C@H]3CC[C@]12C. The lowest BCUT2D eigenvalue weighted by molar-refractivity contribution is -0.164. The molecule has 4 aliphatic carbocycles. The smallest absolute Gasteiger partial charge is 0.306 e. The third-order valence-corrected chi connectivity index (χ3v) is 9.95. The molecule has 4 rings (SSSR count). The molecule has 4 saturated carbocycles. The standard InChI is InChI=1S/C25H38O5/c1-15(26)19-6-7-20-18-5-4-16-14-17(30-23(29)9-8-22(27)28)10-12-24(16,2)21(18)11-13-25(19,20)3/h16-21H,4-14H2,1-3H3,(H,27,28)/t16-,17-,18+,19-,20+,21+,24+,25-/m1/s1. The second-order valence-electron chi connectivity index (χ2n) is 11.2. The molecule has 5 nitrogen and oxygen atoms in total. The van der Waals surface area contributed by atoms with Crippen molar-refractivity contribution in [3.8, 4) is 0 Å². The molecule has 0 heterocycles. The zero-order valence-corrected chi connectivity index (χ0v) is 18.8. The van der Waals surface area contributed by atoms with Gasteiger partial charge >= 0.3 is 11.9 Å². The van der Waals surface area contributed by atoms with Gasteiger partial charge in [0.1, 0.15) is 11.9 Å². The molecular weight excluding hydrogens is 380 g/mol. The van der Waals surface area contributed by atoms with Gasteiger partial charge in [0, 0.05) is 5.92 Å². The summed E-state index contributed by atoms with van der Waals surface area (Å²) < 4.78 is 5.66. The van der Waals surface area contributed by atoms with Gasteiger partial charge < -0.3 is 9.84 Å². The Morgan fingerprint density at radius 3 is 2.30 bits per heavy atom. The first-order valence-corrected chi connectivity index (χ1v) is 12.1. The van der Waals surface area contributed by atoms with Crippen molar-refractivity contribution >= 4 is 17.7 Å². The van der Waals surface area contributed by atoms with Gasteiger partial charge in [0.25, 0.3) is 0 Å². The van der Waals surface area contributed by atoms with Gasteiger partial charge in [0.05, 0.1) is 12.8 Å². The van der Waals surface area contributed by atoms with Gasteiger partial charge in [-0.1, -0.05) is 13.8 Å². The van der Waals surface area contributed by atoms with Crippen molar-refractivity contribution in [3.05, 3.63) is 0 Å². The molecule has 0 aromatic heterocycles. The highest BCUT2D eigenvalue weighted by atomic mass is 16.5. The van der Waals surface area contributed by atoms with E-state index in [-0.39, 0.29) is 36.2 Å². The number of esters is 1. The summed E-state index contributed by atoms with van der Waals surface area (Å²) >= 11 is 0. The molecule has 30 heavy (non-hydrogen) atoms. The fourth-order valence-corrected chi connectivity index (χ4v) is 8.45. The summed E-state index contributed by atoms with van der Waals surface area (Å²) in [4.78, 5) is 35.0. The molecule has 0 unspecified atom stereocenters. The first kappa shape index (κ1) is 21.8. The van der Waals surface area contributed by atoms with Crippen LogP contribution in [0.2, 0.25) is 0 Å². The molecule has 8 atom stereocenters. The number of Topliss-reactive ketones (excluding diaryl/α,β-unsaturated/α-hetero) is 1. The Balaban J connectivity index is 1.42. The third-order valence-electron chi connectivity index (χ3n) is 9.95. The van der Waals surface area contributed by atoms with E-state index < -0.39 is 5.97 Å². The van der Waals surface area contributed by atoms with Crippen LogP contribution in [-0.4, -0.2) is 28.9 Å². The van der Waals surface area contributed by atoms with E-state index in [1.54, 1.807) is 6.92 Å². The number of carboxylic acid groups (broad SMARTS) is 1. The van der Waals surface area contributed by atoms with Crippen LogP contribution in [0.5, 0.6) is 0 Å². The fraction of sp³-hybridized carbons (Fsp3) is 0.880. The topological polar surface area (TPSA) is 80.7 Å². The molecule has 4 aliphatic rings. The summed E-state index contributed by atoms with van der Waals surface area (Å²) in [6.07, 6.45) is 9.82. The lowest BCUT2D eigenvalue weighted by Crippen LogP contribution is -2.54. The molecule has 168 valence electrons. The van der Waals surface area contributed by atoms with Crippen LogP contribution < -0.4 is 0 Å². The highest BCUT2D eigenvalue weighted by molar-refractivity contribution is 5.79. The van der Waals surface area contributed by atoms with E-state index in [0.717, 1.165) is 37.5 Å². The monoisotopic (exact) mass is 418 g/mol. The normalized spacial score (nSPS) is 45.0. The lowest BCUT2D eigenvalue weighted by Gasteiger charge is -2.61. The number of hydrogen-bond acceptors (Lipinski definition) is 4. The van der Waals surface area contributed by atoms with Crippen molar-refractivity contribution in [1.29, 1.82) is 0 Å². The van der Waals surface area contributed by atoms with Crippen molar-refractivity contribution < 1.29 is 24.2 Å². The van der Waals surface area contributed by atoms with Crippen molar-refractivity contribution in [3.63, 3.8) is 0 Å². The molecule has 0 aromatic rings. The Bertz CT molecular complexity index is 716. The largest absolute Gasteiger partial charge is 0.481 e. The highest BCUT2D eigenvalue weighted by Gasteiger charge is 2.60. The van der Waals surface area contributed by atoms with E-state index >= 15 is 0 Å².